The van der Waals surface area contributed by atoms with Crippen LogP contribution in [0.15, 0.2) is 0 Å². The van der Waals surface area contributed by atoms with E-state index in [1.54, 1.807) is 0 Å². The molecule has 120 valence electrons. The maximum absolute atomic E-state index is 3.83. The Kier molecular flexibility index (Phi) is 10.4. The quantitative estimate of drug-likeness (QED) is 0.467. The van der Waals surface area contributed by atoms with Crippen molar-refractivity contribution in [3.8, 4) is 0 Å². The molecule has 0 saturated heterocycles. The van der Waals surface area contributed by atoms with Crippen LogP contribution in [0.3, 0.4) is 0 Å². The Morgan fingerprint density at radius 3 is 2.35 bits per heavy atom. The van der Waals surface area contributed by atoms with Crippen LogP contribution in [-0.4, -0.2) is 12.6 Å². The Morgan fingerprint density at radius 2 is 1.75 bits per heavy atom. The predicted octanol–water partition coefficient (Wildman–Crippen LogP) is 5.93. The van der Waals surface area contributed by atoms with E-state index in [0.717, 1.165) is 17.9 Å². The highest BCUT2D eigenvalue weighted by Crippen LogP contribution is 2.30. The molecule has 0 aromatic carbocycles. The molecule has 1 nitrogen and oxygen atoms in total. The van der Waals surface area contributed by atoms with Crippen molar-refractivity contribution in [3.63, 3.8) is 0 Å². The van der Waals surface area contributed by atoms with E-state index in [2.05, 4.69) is 26.1 Å². The molecule has 0 aliphatic heterocycles. The summed E-state index contributed by atoms with van der Waals surface area (Å²) in [6.45, 7) is 8.20. The second kappa shape index (κ2) is 11.6. The summed E-state index contributed by atoms with van der Waals surface area (Å²) in [5.74, 6) is 2.00. The van der Waals surface area contributed by atoms with Gasteiger partial charge in [-0.05, 0) is 44.1 Å². The Hall–Kier alpha value is -0.0400. The molecule has 1 aliphatic carbocycles. The van der Waals surface area contributed by atoms with Crippen molar-refractivity contribution in [2.75, 3.05) is 6.54 Å². The normalized spacial score (nSPS) is 19.4. The first-order valence-electron chi connectivity index (χ1n) is 9.53. The van der Waals surface area contributed by atoms with Gasteiger partial charge in [0.1, 0.15) is 0 Å². The van der Waals surface area contributed by atoms with E-state index in [0.29, 0.717) is 0 Å². The zero-order chi connectivity index (χ0) is 14.6. The number of nitrogens with one attached hydrogen (secondary N) is 1. The van der Waals surface area contributed by atoms with E-state index in [-0.39, 0.29) is 0 Å². The van der Waals surface area contributed by atoms with E-state index < -0.39 is 0 Å². The van der Waals surface area contributed by atoms with Gasteiger partial charge in [0.05, 0.1) is 0 Å². The molecule has 2 unspecified atom stereocenters. The first kappa shape index (κ1) is 18.0. The Morgan fingerprint density at radius 1 is 1.00 bits per heavy atom. The summed E-state index contributed by atoms with van der Waals surface area (Å²) in [7, 11) is 0. The third-order valence-corrected chi connectivity index (χ3v) is 5.24. The summed E-state index contributed by atoms with van der Waals surface area (Å²) in [4.78, 5) is 0. The van der Waals surface area contributed by atoms with Gasteiger partial charge < -0.3 is 5.32 Å². The highest BCUT2D eigenvalue weighted by Gasteiger charge is 2.19. The smallest absolute Gasteiger partial charge is 0.00697 e. The molecular weight excluding hydrogens is 242 g/mol. The fourth-order valence-corrected chi connectivity index (χ4v) is 3.77. The number of hydrogen-bond acceptors (Lipinski definition) is 1. The van der Waals surface area contributed by atoms with E-state index in [4.69, 9.17) is 0 Å². The molecule has 1 saturated carbocycles. The minimum Gasteiger partial charge on any atom is -0.314 e. The van der Waals surface area contributed by atoms with Crippen molar-refractivity contribution in [3.05, 3.63) is 0 Å². The number of unbranched alkanes of at least 4 members (excludes halogenated alkanes) is 1. The van der Waals surface area contributed by atoms with E-state index in [9.17, 15) is 0 Å². The van der Waals surface area contributed by atoms with Crippen LogP contribution in [0.5, 0.6) is 0 Å². The van der Waals surface area contributed by atoms with E-state index in [1.165, 1.54) is 83.6 Å². The van der Waals surface area contributed by atoms with E-state index >= 15 is 0 Å². The summed E-state index contributed by atoms with van der Waals surface area (Å²) in [5, 5.41) is 3.83. The third kappa shape index (κ3) is 7.67. The van der Waals surface area contributed by atoms with Gasteiger partial charge in [0.15, 0.2) is 0 Å². The fourth-order valence-electron chi connectivity index (χ4n) is 3.77. The molecule has 0 radical (unpaired) electrons. The summed E-state index contributed by atoms with van der Waals surface area (Å²) in [6.07, 6.45) is 17.2. The number of hydrogen-bond donors (Lipinski definition) is 1. The molecule has 1 heteroatoms. The molecule has 20 heavy (non-hydrogen) atoms. The van der Waals surface area contributed by atoms with Gasteiger partial charge in [-0.1, -0.05) is 72.1 Å². The molecule has 0 amide bonds. The predicted molar refractivity (Wildman–Crippen MR) is 91.2 cm³/mol. The average molecular weight is 282 g/mol. The largest absolute Gasteiger partial charge is 0.314 e. The van der Waals surface area contributed by atoms with Gasteiger partial charge in [0.2, 0.25) is 0 Å². The standard InChI is InChI=1S/C19H39N/c1-4-7-10-17(6-3)16-19(20-15-5-2)14-13-18-11-8-9-12-18/h17-20H,4-16H2,1-3H3. The minimum atomic E-state index is 0.789. The number of rotatable bonds is 12. The van der Waals surface area contributed by atoms with Crippen LogP contribution in [-0.2, 0) is 0 Å². The van der Waals surface area contributed by atoms with Crippen LogP contribution < -0.4 is 5.32 Å². The monoisotopic (exact) mass is 281 g/mol. The Labute approximate surface area is 128 Å². The van der Waals surface area contributed by atoms with Gasteiger partial charge in [-0.15, -0.1) is 0 Å². The zero-order valence-corrected chi connectivity index (χ0v) is 14.4. The Balaban J connectivity index is 2.31. The summed E-state index contributed by atoms with van der Waals surface area (Å²) < 4.78 is 0. The molecule has 2 atom stereocenters. The molecule has 1 aliphatic rings. The van der Waals surface area contributed by atoms with Crippen molar-refractivity contribution in [2.24, 2.45) is 11.8 Å². The molecule has 1 N–H and O–H groups in total. The second-order valence-corrected chi connectivity index (χ2v) is 7.03. The minimum absolute atomic E-state index is 0.789. The van der Waals surface area contributed by atoms with Crippen LogP contribution >= 0.6 is 0 Å². The third-order valence-electron chi connectivity index (χ3n) is 5.24. The highest BCUT2D eigenvalue weighted by molar-refractivity contribution is 4.75. The molecule has 0 heterocycles. The zero-order valence-electron chi connectivity index (χ0n) is 14.4. The molecular formula is C19H39N. The summed E-state index contributed by atoms with van der Waals surface area (Å²) >= 11 is 0. The van der Waals surface area contributed by atoms with Crippen LogP contribution in [0.1, 0.15) is 97.8 Å². The lowest BCUT2D eigenvalue weighted by molar-refractivity contribution is 0.317. The van der Waals surface area contributed by atoms with Crippen molar-refractivity contribution in [1.29, 1.82) is 0 Å². The van der Waals surface area contributed by atoms with Gasteiger partial charge in [0.25, 0.3) is 0 Å². The first-order valence-corrected chi connectivity index (χ1v) is 9.53. The van der Waals surface area contributed by atoms with Gasteiger partial charge in [0, 0.05) is 6.04 Å². The molecule has 0 aromatic heterocycles. The summed E-state index contributed by atoms with van der Waals surface area (Å²) in [5.41, 5.74) is 0. The molecule has 1 rings (SSSR count). The summed E-state index contributed by atoms with van der Waals surface area (Å²) in [6, 6.07) is 0.789. The molecule has 0 bridgehead atoms. The molecule has 0 spiro atoms. The fraction of sp³-hybridized carbons (Fsp3) is 1.00. The lowest BCUT2D eigenvalue weighted by Gasteiger charge is -2.25. The SMILES string of the molecule is CCCCC(CC)CC(CCC1CCCC1)NCCC. The Bertz CT molecular complexity index is 208. The molecule has 1 fully saturated rings. The van der Waals surface area contributed by atoms with Crippen molar-refractivity contribution < 1.29 is 0 Å². The van der Waals surface area contributed by atoms with E-state index in [1.807, 2.05) is 0 Å². The maximum atomic E-state index is 3.83. The van der Waals surface area contributed by atoms with Crippen LogP contribution in [0.4, 0.5) is 0 Å². The van der Waals surface area contributed by atoms with Crippen LogP contribution in [0.2, 0.25) is 0 Å². The van der Waals surface area contributed by atoms with Gasteiger partial charge in [-0.25, -0.2) is 0 Å². The molecule has 0 aromatic rings. The highest BCUT2D eigenvalue weighted by atomic mass is 14.9. The first-order chi connectivity index (χ1) is 9.80. The van der Waals surface area contributed by atoms with Crippen LogP contribution in [0.25, 0.3) is 0 Å². The van der Waals surface area contributed by atoms with Crippen molar-refractivity contribution in [1.82, 2.24) is 5.32 Å². The van der Waals surface area contributed by atoms with Gasteiger partial charge in [-0.2, -0.15) is 0 Å². The van der Waals surface area contributed by atoms with Gasteiger partial charge >= 0.3 is 0 Å². The maximum Gasteiger partial charge on any atom is 0.00697 e. The lowest BCUT2D eigenvalue weighted by atomic mass is 9.88. The second-order valence-electron chi connectivity index (χ2n) is 7.03. The van der Waals surface area contributed by atoms with Crippen molar-refractivity contribution >= 4 is 0 Å². The average Bonchev–Trinajstić information content (AvgIpc) is 2.98. The lowest BCUT2D eigenvalue weighted by Crippen LogP contribution is -2.32. The topological polar surface area (TPSA) is 12.0 Å². The van der Waals surface area contributed by atoms with Crippen molar-refractivity contribution in [2.45, 2.75) is 104 Å². The van der Waals surface area contributed by atoms with Crippen LogP contribution in [0, 0.1) is 11.8 Å². The van der Waals surface area contributed by atoms with Gasteiger partial charge in [-0.3, -0.25) is 0 Å².